The number of carbonyl (C=O) groups excluding carboxylic acids is 1. The molecule has 5 nitrogen and oxygen atoms in total. The van der Waals surface area contributed by atoms with E-state index in [4.69, 9.17) is 4.74 Å². The quantitative estimate of drug-likeness (QED) is 0.798. The lowest BCUT2D eigenvalue weighted by molar-refractivity contribution is -0.134. The second kappa shape index (κ2) is 8.27. The second-order valence-corrected chi connectivity index (χ2v) is 7.04. The van der Waals surface area contributed by atoms with E-state index in [-0.39, 0.29) is 0 Å². The fourth-order valence-corrected chi connectivity index (χ4v) is 4.07. The summed E-state index contributed by atoms with van der Waals surface area (Å²) >= 11 is 0. The number of amides is 1. The lowest BCUT2D eigenvalue weighted by Gasteiger charge is -2.33. The predicted octanol–water partition coefficient (Wildman–Crippen LogP) is 1.09. The Balaban J connectivity index is 1.52. The number of ether oxygens (including phenoxy) is 1. The van der Waals surface area contributed by atoms with Gasteiger partial charge >= 0.3 is 0 Å². The molecule has 1 atom stereocenters. The summed E-state index contributed by atoms with van der Waals surface area (Å²) in [7, 11) is 0. The molecule has 2 aliphatic heterocycles. The van der Waals surface area contributed by atoms with Crippen LogP contribution in [0, 0.1) is 5.92 Å². The van der Waals surface area contributed by atoms with Crippen molar-refractivity contribution in [1.82, 2.24) is 15.1 Å². The maximum Gasteiger partial charge on any atom is 0.223 e. The summed E-state index contributed by atoms with van der Waals surface area (Å²) in [6.07, 6.45) is 7.03. The van der Waals surface area contributed by atoms with Crippen LogP contribution in [0.2, 0.25) is 0 Å². The Morgan fingerprint density at radius 1 is 1.18 bits per heavy atom. The van der Waals surface area contributed by atoms with Crippen LogP contribution in [0.3, 0.4) is 0 Å². The molecule has 0 aromatic heterocycles. The zero-order chi connectivity index (χ0) is 15.2. The molecule has 1 unspecified atom stereocenters. The molecule has 0 aromatic carbocycles. The Bertz CT molecular complexity index is 346. The molecule has 1 aliphatic carbocycles. The van der Waals surface area contributed by atoms with E-state index < -0.39 is 0 Å². The Labute approximate surface area is 134 Å². The molecule has 0 radical (unpaired) electrons. The minimum atomic E-state index is 0.397. The van der Waals surface area contributed by atoms with Gasteiger partial charge in [0, 0.05) is 45.2 Å². The largest absolute Gasteiger partial charge is 0.379 e. The molecule has 2 heterocycles. The van der Waals surface area contributed by atoms with Crippen molar-refractivity contribution in [2.45, 2.75) is 44.6 Å². The lowest BCUT2D eigenvalue weighted by Crippen LogP contribution is -2.47. The van der Waals surface area contributed by atoms with E-state index in [2.05, 4.69) is 15.1 Å². The fraction of sp³-hybridized carbons (Fsp3) is 0.941. The van der Waals surface area contributed by atoms with Crippen LogP contribution in [0.5, 0.6) is 0 Å². The van der Waals surface area contributed by atoms with E-state index in [1.165, 1.54) is 25.7 Å². The highest BCUT2D eigenvalue weighted by Gasteiger charge is 2.29. The van der Waals surface area contributed by atoms with Crippen LogP contribution in [0.1, 0.15) is 38.5 Å². The van der Waals surface area contributed by atoms with E-state index in [0.717, 1.165) is 65.3 Å². The average Bonchev–Trinajstić information content (AvgIpc) is 3.22. The van der Waals surface area contributed by atoms with Gasteiger partial charge in [0.25, 0.3) is 0 Å². The number of rotatable bonds is 6. The van der Waals surface area contributed by atoms with Crippen molar-refractivity contribution in [2.24, 2.45) is 5.92 Å². The van der Waals surface area contributed by atoms with Gasteiger partial charge in [-0.15, -0.1) is 0 Å². The molecule has 3 rings (SSSR count). The standard InChI is InChI=1S/C17H31N3O2/c21-17(13-15-3-1-2-4-15)20(16-5-6-18-14-16)8-7-19-9-11-22-12-10-19/h15-16,18H,1-14H2. The van der Waals surface area contributed by atoms with E-state index in [1.807, 2.05) is 0 Å². The van der Waals surface area contributed by atoms with Crippen molar-refractivity contribution in [2.75, 3.05) is 52.5 Å². The van der Waals surface area contributed by atoms with Crippen LogP contribution < -0.4 is 5.32 Å². The van der Waals surface area contributed by atoms with Crippen LogP contribution in [0.25, 0.3) is 0 Å². The number of nitrogens with zero attached hydrogens (tertiary/aromatic N) is 2. The molecule has 1 saturated carbocycles. The second-order valence-electron chi connectivity index (χ2n) is 7.04. The van der Waals surface area contributed by atoms with Gasteiger partial charge in [-0.1, -0.05) is 12.8 Å². The molecule has 1 N–H and O–H groups in total. The Morgan fingerprint density at radius 3 is 2.64 bits per heavy atom. The van der Waals surface area contributed by atoms with Crippen molar-refractivity contribution in [3.05, 3.63) is 0 Å². The van der Waals surface area contributed by atoms with Crippen molar-refractivity contribution in [1.29, 1.82) is 0 Å². The van der Waals surface area contributed by atoms with Gasteiger partial charge in [0.15, 0.2) is 0 Å². The van der Waals surface area contributed by atoms with Crippen molar-refractivity contribution >= 4 is 5.91 Å². The topological polar surface area (TPSA) is 44.8 Å². The Hall–Kier alpha value is -0.650. The highest BCUT2D eigenvalue weighted by atomic mass is 16.5. The average molecular weight is 309 g/mol. The maximum absolute atomic E-state index is 12.8. The van der Waals surface area contributed by atoms with Gasteiger partial charge in [-0.3, -0.25) is 9.69 Å². The van der Waals surface area contributed by atoms with Gasteiger partial charge in [-0.05, 0) is 31.7 Å². The number of hydrogen-bond donors (Lipinski definition) is 1. The minimum absolute atomic E-state index is 0.397. The summed E-state index contributed by atoms with van der Waals surface area (Å²) in [4.78, 5) is 17.4. The first kappa shape index (κ1) is 16.2. The molecule has 3 fully saturated rings. The van der Waals surface area contributed by atoms with Gasteiger partial charge < -0.3 is 15.0 Å². The molecule has 3 aliphatic rings. The molecule has 5 heteroatoms. The van der Waals surface area contributed by atoms with Crippen LogP contribution in [0.4, 0.5) is 0 Å². The predicted molar refractivity (Wildman–Crippen MR) is 86.8 cm³/mol. The van der Waals surface area contributed by atoms with Crippen LogP contribution in [0.15, 0.2) is 0 Å². The summed E-state index contributed by atoms with van der Waals surface area (Å²) in [5.41, 5.74) is 0. The SMILES string of the molecule is O=C(CC1CCCC1)N(CCN1CCOCC1)C1CCNC1. The first-order valence-corrected chi connectivity index (χ1v) is 9.13. The van der Waals surface area contributed by atoms with Crippen molar-refractivity contribution in [3.8, 4) is 0 Å². The zero-order valence-corrected chi connectivity index (χ0v) is 13.8. The van der Waals surface area contributed by atoms with Crippen molar-refractivity contribution < 1.29 is 9.53 Å². The third kappa shape index (κ3) is 4.43. The third-order valence-electron chi connectivity index (χ3n) is 5.49. The van der Waals surface area contributed by atoms with Gasteiger partial charge in [-0.25, -0.2) is 0 Å². The third-order valence-corrected chi connectivity index (χ3v) is 5.49. The Morgan fingerprint density at radius 2 is 1.95 bits per heavy atom. The van der Waals surface area contributed by atoms with Crippen LogP contribution in [-0.2, 0) is 9.53 Å². The first-order valence-electron chi connectivity index (χ1n) is 9.13. The van der Waals surface area contributed by atoms with Gasteiger partial charge in [0.05, 0.1) is 13.2 Å². The molecule has 0 spiro atoms. The molecule has 0 bridgehead atoms. The smallest absolute Gasteiger partial charge is 0.223 e. The maximum atomic E-state index is 12.8. The van der Waals surface area contributed by atoms with Gasteiger partial charge in [0.1, 0.15) is 0 Å². The summed E-state index contributed by atoms with van der Waals surface area (Å²) < 4.78 is 5.41. The van der Waals surface area contributed by atoms with E-state index in [1.54, 1.807) is 0 Å². The van der Waals surface area contributed by atoms with Gasteiger partial charge in [-0.2, -0.15) is 0 Å². The molecular weight excluding hydrogens is 278 g/mol. The van der Waals surface area contributed by atoms with Gasteiger partial charge in [0.2, 0.25) is 5.91 Å². The highest BCUT2D eigenvalue weighted by molar-refractivity contribution is 5.77. The Kier molecular flexibility index (Phi) is 6.10. The molecule has 22 heavy (non-hydrogen) atoms. The van der Waals surface area contributed by atoms with E-state index in [9.17, 15) is 4.79 Å². The molecular formula is C17H31N3O2. The first-order chi connectivity index (χ1) is 10.8. The molecule has 126 valence electrons. The van der Waals surface area contributed by atoms with E-state index >= 15 is 0 Å². The van der Waals surface area contributed by atoms with Crippen LogP contribution in [-0.4, -0.2) is 74.2 Å². The molecule has 1 amide bonds. The summed E-state index contributed by atoms with van der Waals surface area (Å²) in [6.45, 7) is 7.59. The van der Waals surface area contributed by atoms with Crippen LogP contribution >= 0.6 is 0 Å². The summed E-state index contributed by atoms with van der Waals surface area (Å²) in [5, 5.41) is 3.41. The fourth-order valence-electron chi connectivity index (χ4n) is 4.07. The molecule has 2 saturated heterocycles. The number of hydrogen-bond acceptors (Lipinski definition) is 4. The number of morpholine rings is 1. The molecule has 0 aromatic rings. The monoisotopic (exact) mass is 309 g/mol. The summed E-state index contributed by atoms with van der Waals surface area (Å²) in [6, 6.07) is 0.412. The van der Waals surface area contributed by atoms with E-state index in [0.29, 0.717) is 17.9 Å². The minimum Gasteiger partial charge on any atom is -0.379 e. The number of nitrogens with one attached hydrogen (secondary N) is 1. The highest BCUT2D eigenvalue weighted by Crippen LogP contribution is 2.28. The lowest BCUT2D eigenvalue weighted by atomic mass is 10.0. The summed E-state index contributed by atoms with van der Waals surface area (Å²) in [5.74, 6) is 1.04. The zero-order valence-electron chi connectivity index (χ0n) is 13.8. The van der Waals surface area contributed by atoms with Crippen molar-refractivity contribution in [3.63, 3.8) is 0 Å². The number of carbonyl (C=O) groups is 1. The normalized spacial score (nSPS) is 27.4.